The second-order valence-corrected chi connectivity index (χ2v) is 9.42. The monoisotopic (exact) mass is 511 g/mol. The summed E-state index contributed by atoms with van der Waals surface area (Å²) in [5.41, 5.74) is 6.84. The van der Waals surface area contributed by atoms with Crippen molar-refractivity contribution >= 4 is 28.6 Å². The minimum absolute atomic E-state index is 0.204. The van der Waals surface area contributed by atoms with Gasteiger partial charge in [0, 0.05) is 31.5 Å². The van der Waals surface area contributed by atoms with Crippen molar-refractivity contribution in [2.24, 2.45) is 5.73 Å². The molecule has 0 bridgehead atoms. The summed E-state index contributed by atoms with van der Waals surface area (Å²) in [6.45, 7) is 3.66. The number of nitrogens with one attached hydrogen (secondary N) is 2. The van der Waals surface area contributed by atoms with Crippen molar-refractivity contribution in [2.45, 2.75) is 83.6 Å². The number of H-pyrrole nitrogens is 1. The molecule has 2 aliphatic heterocycles. The van der Waals surface area contributed by atoms with Crippen LogP contribution in [0.5, 0.6) is 0 Å². The molecule has 0 radical (unpaired) electrons. The van der Waals surface area contributed by atoms with E-state index in [1.54, 1.807) is 18.2 Å². The third kappa shape index (κ3) is 9.54. The predicted octanol–water partition coefficient (Wildman–Crippen LogP) is 3.76. The SMILES string of the molecule is C1CCCCC1.CCCO.N#Cc1cccc2cc(C(=O)N3CCC[C@H]3C(N)=O)[nH]c12.O=C1CCCN1. The van der Waals surface area contributed by atoms with Gasteiger partial charge in [0.2, 0.25) is 11.8 Å². The van der Waals surface area contributed by atoms with Crippen molar-refractivity contribution in [1.82, 2.24) is 15.2 Å². The normalized spacial score (nSPS) is 18.2. The fourth-order valence-electron chi connectivity index (χ4n) is 4.45. The maximum absolute atomic E-state index is 12.5. The molecule has 202 valence electrons. The second kappa shape index (κ2) is 16.4. The fraction of sp³-hybridized carbons (Fsp3) is 0.571. The number of benzene rings is 1. The molecule has 2 aromatic rings. The van der Waals surface area contributed by atoms with Gasteiger partial charge < -0.3 is 26.0 Å². The highest BCUT2D eigenvalue weighted by Gasteiger charge is 2.33. The number of hydrogen-bond acceptors (Lipinski definition) is 5. The van der Waals surface area contributed by atoms with E-state index >= 15 is 0 Å². The van der Waals surface area contributed by atoms with E-state index in [9.17, 15) is 14.4 Å². The van der Waals surface area contributed by atoms with Crippen LogP contribution in [0, 0.1) is 11.3 Å². The second-order valence-electron chi connectivity index (χ2n) is 9.42. The van der Waals surface area contributed by atoms with Crippen LogP contribution >= 0.6 is 0 Å². The van der Waals surface area contributed by atoms with Crippen LogP contribution in [0.3, 0.4) is 0 Å². The molecule has 1 aliphatic carbocycles. The third-order valence-corrected chi connectivity index (χ3v) is 6.48. The number of aliphatic hydroxyl groups is 1. The van der Waals surface area contributed by atoms with Crippen molar-refractivity contribution in [3.8, 4) is 6.07 Å². The lowest BCUT2D eigenvalue weighted by Gasteiger charge is -2.21. The van der Waals surface area contributed by atoms with E-state index in [1.165, 1.54) is 43.4 Å². The zero-order valence-corrected chi connectivity index (χ0v) is 21.9. The zero-order chi connectivity index (χ0) is 27.0. The molecule has 3 amide bonds. The van der Waals surface area contributed by atoms with Gasteiger partial charge in [0.25, 0.3) is 5.91 Å². The average Bonchev–Trinajstić information content (AvgIpc) is 3.70. The number of amides is 3. The lowest BCUT2D eigenvalue weighted by atomic mass is 10.0. The van der Waals surface area contributed by atoms with E-state index in [-0.39, 0.29) is 11.8 Å². The van der Waals surface area contributed by atoms with Gasteiger partial charge in [-0.1, -0.05) is 57.6 Å². The van der Waals surface area contributed by atoms with E-state index in [1.807, 2.05) is 13.0 Å². The molecule has 37 heavy (non-hydrogen) atoms. The number of rotatable bonds is 3. The first-order valence-corrected chi connectivity index (χ1v) is 13.4. The fourth-order valence-corrected chi connectivity index (χ4v) is 4.45. The smallest absolute Gasteiger partial charge is 0.270 e. The molecular weight excluding hydrogens is 470 g/mol. The molecule has 3 fully saturated rings. The Morgan fingerprint density at radius 2 is 1.78 bits per heavy atom. The molecule has 2 saturated heterocycles. The van der Waals surface area contributed by atoms with Gasteiger partial charge in [-0.05, 0) is 37.8 Å². The Kier molecular flexibility index (Phi) is 13.2. The van der Waals surface area contributed by atoms with Crippen molar-refractivity contribution in [3.05, 3.63) is 35.5 Å². The summed E-state index contributed by atoms with van der Waals surface area (Å²) in [5, 5.41) is 20.4. The quantitative estimate of drug-likeness (QED) is 0.494. The topological polar surface area (TPSA) is 152 Å². The van der Waals surface area contributed by atoms with E-state index in [0.717, 1.165) is 37.6 Å². The number of nitrogens with zero attached hydrogens (tertiary/aromatic N) is 2. The summed E-state index contributed by atoms with van der Waals surface area (Å²) in [4.78, 5) is 38.5. The maximum atomic E-state index is 12.5. The molecule has 5 rings (SSSR count). The van der Waals surface area contributed by atoms with Crippen LogP contribution in [0.1, 0.15) is 93.6 Å². The first kappa shape index (κ1) is 29.8. The van der Waals surface area contributed by atoms with Crippen LogP contribution in [0.2, 0.25) is 0 Å². The van der Waals surface area contributed by atoms with Gasteiger partial charge in [-0.25, -0.2) is 0 Å². The molecule has 3 heterocycles. The summed E-state index contributed by atoms with van der Waals surface area (Å²) in [6, 6.07) is 8.54. The molecule has 5 N–H and O–H groups in total. The van der Waals surface area contributed by atoms with Crippen LogP contribution in [0.4, 0.5) is 0 Å². The Hall–Kier alpha value is -3.38. The van der Waals surface area contributed by atoms with Crippen molar-refractivity contribution < 1.29 is 19.5 Å². The van der Waals surface area contributed by atoms with Gasteiger partial charge in [0.1, 0.15) is 17.8 Å². The van der Waals surface area contributed by atoms with Gasteiger partial charge in [-0.3, -0.25) is 14.4 Å². The number of nitriles is 1. The van der Waals surface area contributed by atoms with E-state index in [2.05, 4.69) is 16.4 Å². The van der Waals surface area contributed by atoms with Gasteiger partial charge in [0.05, 0.1) is 11.1 Å². The maximum Gasteiger partial charge on any atom is 0.270 e. The third-order valence-electron chi connectivity index (χ3n) is 6.48. The lowest BCUT2D eigenvalue weighted by molar-refractivity contribution is -0.121. The number of nitrogens with two attached hydrogens (primary N) is 1. The van der Waals surface area contributed by atoms with Crippen molar-refractivity contribution in [2.75, 3.05) is 19.7 Å². The molecule has 0 unspecified atom stereocenters. The first-order chi connectivity index (χ1) is 17.9. The molecule has 9 heteroatoms. The molecule has 0 spiro atoms. The summed E-state index contributed by atoms with van der Waals surface area (Å²) >= 11 is 0. The number of aromatic amines is 1. The van der Waals surface area contributed by atoms with Crippen molar-refractivity contribution in [1.29, 1.82) is 5.26 Å². The number of aromatic nitrogens is 1. The number of aliphatic hydroxyl groups excluding tert-OH is 1. The standard InChI is InChI=1S/C15H14N4O2.C6H12.C4H7NO.C3H8O/c16-8-10-4-1-3-9-7-11(18-13(9)10)15(21)19-6-2-5-12(19)14(17)20;1-2-4-6-5-3-1;6-4-2-1-3-5-4;1-2-3-4/h1,3-4,7,12,18H,2,5-6H2,(H2,17,20);1-6H2;1-3H2,(H,5,6);4H,2-3H2,1H3/t12-;;;/m0.../s1. The van der Waals surface area contributed by atoms with Gasteiger partial charge >= 0.3 is 0 Å². The number of likely N-dealkylation sites (tertiary alicyclic amines) is 1. The van der Waals surface area contributed by atoms with Crippen molar-refractivity contribution in [3.63, 3.8) is 0 Å². The number of para-hydroxylation sites is 1. The van der Waals surface area contributed by atoms with Gasteiger partial charge in [-0.2, -0.15) is 5.26 Å². The molecule has 1 aromatic heterocycles. The first-order valence-electron chi connectivity index (χ1n) is 13.4. The number of hydrogen-bond donors (Lipinski definition) is 4. The number of carbonyl (C=O) groups excluding carboxylic acids is 3. The molecule has 3 aliphatic rings. The zero-order valence-electron chi connectivity index (χ0n) is 21.9. The Morgan fingerprint density at radius 3 is 2.24 bits per heavy atom. The number of fused-ring (bicyclic) bond motifs is 1. The van der Waals surface area contributed by atoms with Crippen LogP contribution in [0.15, 0.2) is 24.3 Å². The van der Waals surface area contributed by atoms with Crippen LogP contribution < -0.4 is 11.1 Å². The van der Waals surface area contributed by atoms with E-state index in [4.69, 9.17) is 16.1 Å². The van der Waals surface area contributed by atoms with Crippen LogP contribution in [-0.4, -0.2) is 58.5 Å². The lowest BCUT2D eigenvalue weighted by Crippen LogP contribution is -2.43. The Morgan fingerprint density at radius 1 is 1.14 bits per heavy atom. The summed E-state index contributed by atoms with van der Waals surface area (Å²) < 4.78 is 0. The van der Waals surface area contributed by atoms with E-state index < -0.39 is 11.9 Å². The number of carbonyl (C=O) groups is 3. The minimum Gasteiger partial charge on any atom is -0.396 e. The summed E-state index contributed by atoms with van der Waals surface area (Å²) in [5.74, 6) is -0.527. The van der Waals surface area contributed by atoms with E-state index in [0.29, 0.717) is 36.3 Å². The Labute approximate surface area is 219 Å². The predicted molar refractivity (Wildman–Crippen MR) is 144 cm³/mol. The molecule has 1 aromatic carbocycles. The molecule has 1 saturated carbocycles. The molecule has 1 atom stereocenters. The molecular formula is C28H41N5O4. The Balaban J connectivity index is 0.000000243. The summed E-state index contributed by atoms with van der Waals surface area (Å²) in [6.07, 6.45) is 13.0. The molecule has 9 nitrogen and oxygen atoms in total. The highest BCUT2D eigenvalue weighted by atomic mass is 16.2. The van der Waals surface area contributed by atoms with Gasteiger partial charge in [-0.15, -0.1) is 0 Å². The Bertz CT molecular complexity index is 1030. The number of primary amides is 1. The summed E-state index contributed by atoms with van der Waals surface area (Å²) in [7, 11) is 0. The van der Waals surface area contributed by atoms with Gasteiger partial charge in [0.15, 0.2) is 0 Å². The largest absolute Gasteiger partial charge is 0.396 e. The minimum atomic E-state index is -0.542. The highest BCUT2D eigenvalue weighted by molar-refractivity contribution is 6.01. The highest BCUT2D eigenvalue weighted by Crippen LogP contribution is 2.23. The van der Waals surface area contributed by atoms with Crippen LogP contribution in [0.25, 0.3) is 10.9 Å². The average molecular weight is 512 g/mol. The van der Waals surface area contributed by atoms with Crippen LogP contribution in [-0.2, 0) is 9.59 Å².